The van der Waals surface area contributed by atoms with Crippen molar-refractivity contribution in [2.75, 3.05) is 6.54 Å². The molecule has 0 saturated heterocycles. The molecule has 0 aliphatic heterocycles. The molecule has 100 valence electrons. The monoisotopic (exact) mass is 271 g/mol. The second kappa shape index (κ2) is 6.95. The van der Waals surface area contributed by atoms with Crippen LogP contribution in [0.1, 0.15) is 31.3 Å². The first kappa shape index (κ1) is 14.4. The number of carbonyl (C=O) groups is 2. The van der Waals surface area contributed by atoms with E-state index in [2.05, 4.69) is 15.6 Å². The van der Waals surface area contributed by atoms with Gasteiger partial charge in [0.2, 0.25) is 0 Å². The molecule has 0 aliphatic rings. The highest BCUT2D eigenvalue weighted by Crippen LogP contribution is 2.18. The van der Waals surface area contributed by atoms with Crippen LogP contribution in [0.4, 0.5) is 4.79 Å². The molecule has 1 heterocycles. The normalized spacial score (nSPS) is 13.7. The Labute approximate surface area is 109 Å². The number of carboxylic acids is 1. The Morgan fingerprint density at radius 1 is 1.56 bits per heavy atom. The SMILES string of the molecule is CCC(NC(=O)NCC(C)C(=O)O)c1nccs1. The lowest BCUT2D eigenvalue weighted by molar-refractivity contribution is -0.140. The van der Waals surface area contributed by atoms with E-state index in [1.165, 1.54) is 11.3 Å². The van der Waals surface area contributed by atoms with Gasteiger partial charge in [-0.05, 0) is 6.42 Å². The molecule has 0 aliphatic carbocycles. The summed E-state index contributed by atoms with van der Waals surface area (Å²) in [5.74, 6) is -1.53. The van der Waals surface area contributed by atoms with E-state index in [0.717, 1.165) is 11.4 Å². The number of nitrogens with one attached hydrogen (secondary N) is 2. The highest BCUT2D eigenvalue weighted by Gasteiger charge is 2.16. The zero-order chi connectivity index (χ0) is 13.5. The largest absolute Gasteiger partial charge is 0.481 e. The van der Waals surface area contributed by atoms with Gasteiger partial charge in [-0.1, -0.05) is 13.8 Å². The second-order valence-corrected chi connectivity index (χ2v) is 4.85. The first-order valence-corrected chi connectivity index (χ1v) is 6.59. The summed E-state index contributed by atoms with van der Waals surface area (Å²) in [5.41, 5.74) is 0. The molecule has 0 radical (unpaired) electrons. The molecule has 0 bridgehead atoms. The average Bonchev–Trinajstić information content (AvgIpc) is 2.86. The predicted molar refractivity (Wildman–Crippen MR) is 68.5 cm³/mol. The quantitative estimate of drug-likeness (QED) is 0.733. The van der Waals surface area contributed by atoms with E-state index in [1.54, 1.807) is 13.1 Å². The number of hydrogen-bond donors (Lipinski definition) is 3. The van der Waals surface area contributed by atoms with Crippen LogP contribution in [0, 0.1) is 5.92 Å². The molecule has 7 heteroatoms. The van der Waals surface area contributed by atoms with Crippen molar-refractivity contribution >= 4 is 23.3 Å². The zero-order valence-corrected chi connectivity index (χ0v) is 11.2. The summed E-state index contributed by atoms with van der Waals surface area (Å²) in [4.78, 5) is 26.3. The van der Waals surface area contributed by atoms with Crippen molar-refractivity contribution in [1.82, 2.24) is 15.6 Å². The third kappa shape index (κ3) is 4.33. The van der Waals surface area contributed by atoms with Gasteiger partial charge in [-0.2, -0.15) is 0 Å². The van der Waals surface area contributed by atoms with E-state index in [1.807, 2.05) is 12.3 Å². The Kier molecular flexibility index (Phi) is 5.57. The van der Waals surface area contributed by atoms with E-state index in [0.29, 0.717) is 0 Å². The van der Waals surface area contributed by atoms with Crippen LogP contribution in [0.3, 0.4) is 0 Å². The van der Waals surface area contributed by atoms with Crippen LogP contribution < -0.4 is 10.6 Å². The number of hydrogen-bond acceptors (Lipinski definition) is 4. The maximum absolute atomic E-state index is 11.6. The summed E-state index contributed by atoms with van der Waals surface area (Å²) >= 11 is 1.48. The van der Waals surface area contributed by atoms with Crippen molar-refractivity contribution in [1.29, 1.82) is 0 Å². The topological polar surface area (TPSA) is 91.3 Å². The average molecular weight is 271 g/mol. The Morgan fingerprint density at radius 2 is 2.28 bits per heavy atom. The summed E-state index contributed by atoms with van der Waals surface area (Å²) < 4.78 is 0. The molecule has 2 unspecified atom stereocenters. The lowest BCUT2D eigenvalue weighted by Gasteiger charge is -2.15. The summed E-state index contributed by atoms with van der Waals surface area (Å²) in [6.07, 6.45) is 2.42. The minimum Gasteiger partial charge on any atom is -0.481 e. The minimum atomic E-state index is -0.928. The van der Waals surface area contributed by atoms with Crippen molar-refractivity contribution in [2.24, 2.45) is 5.92 Å². The number of aliphatic carboxylic acids is 1. The van der Waals surface area contributed by atoms with Crippen LogP contribution in [0.25, 0.3) is 0 Å². The fraction of sp³-hybridized carbons (Fsp3) is 0.545. The van der Waals surface area contributed by atoms with E-state index in [-0.39, 0.29) is 18.6 Å². The van der Waals surface area contributed by atoms with Crippen molar-refractivity contribution in [2.45, 2.75) is 26.3 Å². The Hall–Kier alpha value is -1.63. The Balaban J connectivity index is 2.41. The molecule has 3 N–H and O–H groups in total. The van der Waals surface area contributed by atoms with Gasteiger partial charge in [-0.25, -0.2) is 9.78 Å². The first-order chi connectivity index (χ1) is 8.54. The minimum absolute atomic E-state index is 0.107. The molecule has 1 rings (SSSR count). The third-order valence-electron chi connectivity index (χ3n) is 2.45. The van der Waals surface area contributed by atoms with Crippen molar-refractivity contribution in [3.63, 3.8) is 0 Å². The third-order valence-corrected chi connectivity index (χ3v) is 3.34. The van der Waals surface area contributed by atoms with Gasteiger partial charge in [0.05, 0.1) is 12.0 Å². The first-order valence-electron chi connectivity index (χ1n) is 5.71. The highest BCUT2D eigenvalue weighted by atomic mass is 32.1. The standard InChI is InChI=1S/C11H17N3O3S/c1-3-8(9-12-4-5-18-9)14-11(17)13-6-7(2)10(15)16/h4-5,7-8H,3,6H2,1-2H3,(H,15,16)(H2,13,14,17). The molecule has 2 atom stereocenters. The molecule has 1 aromatic rings. The fourth-order valence-corrected chi connectivity index (χ4v) is 2.06. The maximum atomic E-state index is 11.6. The van der Waals surface area contributed by atoms with Crippen molar-refractivity contribution in [3.05, 3.63) is 16.6 Å². The van der Waals surface area contributed by atoms with Gasteiger partial charge in [0.25, 0.3) is 0 Å². The molecule has 0 aromatic carbocycles. The Morgan fingerprint density at radius 3 is 2.78 bits per heavy atom. The predicted octanol–water partition coefficient (Wildman–Crippen LogP) is 1.61. The van der Waals surface area contributed by atoms with E-state index in [4.69, 9.17) is 5.11 Å². The smallest absolute Gasteiger partial charge is 0.315 e. The van der Waals surface area contributed by atoms with Gasteiger partial charge in [-0.3, -0.25) is 4.79 Å². The van der Waals surface area contributed by atoms with Crippen LogP contribution in [-0.2, 0) is 4.79 Å². The molecule has 0 fully saturated rings. The number of urea groups is 1. The van der Waals surface area contributed by atoms with Gasteiger partial charge >= 0.3 is 12.0 Å². The highest BCUT2D eigenvalue weighted by molar-refractivity contribution is 7.09. The summed E-state index contributed by atoms with van der Waals surface area (Å²) in [6, 6.07) is -0.504. The zero-order valence-electron chi connectivity index (χ0n) is 10.3. The second-order valence-electron chi connectivity index (χ2n) is 3.92. The van der Waals surface area contributed by atoms with Crippen LogP contribution >= 0.6 is 11.3 Å². The molecule has 2 amide bonds. The van der Waals surface area contributed by atoms with Gasteiger partial charge in [0.1, 0.15) is 5.01 Å². The van der Waals surface area contributed by atoms with Crippen molar-refractivity contribution in [3.8, 4) is 0 Å². The van der Waals surface area contributed by atoms with Crippen LogP contribution in [0.5, 0.6) is 0 Å². The molecular weight excluding hydrogens is 254 g/mol. The number of amides is 2. The number of aromatic nitrogens is 1. The van der Waals surface area contributed by atoms with Gasteiger partial charge in [-0.15, -0.1) is 11.3 Å². The van der Waals surface area contributed by atoms with E-state index < -0.39 is 11.9 Å². The molecular formula is C11H17N3O3S. The van der Waals surface area contributed by atoms with Crippen LogP contribution in [0.15, 0.2) is 11.6 Å². The number of thiazole rings is 1. The molecule has 0 saturated carbocycles. The number of rotatable bonds is 6. The molecule has 6 nitrogen and oxygen atoms in total. The maximum Gasteiger partial charge on any atom is 0.315 e. The molecule has 0 spiro atoms. The van der Waals surface area contributed by atoms with Gasteiger partial charge in [0, 0.05) is 18.1 Å². The number of carbonyl (C=O) groups excluding carboxylic acids is 1. The Bertz CT molecular complexity index is 394. The fourth-order valence-electron chi connectivity index (χ4n) is 1.29. The molecule has 18 heavy (non-hydrogen) atoms. The molecule has 1 aromatic heterocycles. The van der Waals surface area contributed by atoms with E-state index in [9.17, 15) is 9.59 Å². The van der Waals surface area contributed by atoms with Gasteiger partial charge in [0.15, 0.2) is 0 Å². The lowest BCUT2D eigenvalue weighted by Crippen LogP contribution is -2.40. The van der Waals surface area contributed by atoms with Crippen LogP contribution in [-0.4, -0.2) is 28.6 Å². The summed E-state index contributed by atoms with van der Waals surface area (Å²) in [7, 11) is 0. The number of nitrogens with zero attached hydrogens (tertiary/aromatic N) is 1. The van der Waals surface area contributed by atoms with Gasteiger partial charge < -0.3 is 15.7 Å². The van der Waals surface area contributed by atoms with Crippen molar-refractivity contribution < 1.29 is 14.7 Å². The lowest BCUT2D eigenvalue weighted by atomic mass is 10.2. The van der Waals surface area contributed by atoms with Crippen LogP contribution in [0.2, 0.25) is 0 Å². The number of carboxylic acid groups (broad SMARTS) is 1. The van der Waals surface area contributed by atoms with E-state index >= 15 is 0 Å². The summed E-state index contributed by atoms with van der Waals surface area (Å²) in [6.45, 7) is 3.60. The summed E-state index contributed by atoms with van der Waals surface area (Å²) in [5, 5.41) is 16.7.